The number of aryl methyl sites for hydroxylation is 1. The maximum Gasteiger partial charge on any atom is 0.175 e. The van der Waals surface area contributed by atoms with Crippen molar-refractivity contribution in [2.45, 2.75) is 0 Å². The van der Waals surface area contributed by atoms with Crippen LogP contribution in [-0.4, -0.2) is 16.9 Å². The number of hydrogen-bond acceptors (Lipinski definition) is 4. The van der Waals surface area contributed by atoms with E-state index in [0.717, 1.165) is 15.9 Å². The Labute approximate surface area is 108 Å². The topological polar surface area (TPSA) is 65.1 Å². The van der Waals surface area contributed by atoms with E-state index in [2.05, 4.69) is 26.3 Å². The van der Waals surface area contributed by atoms with Crippen LogP contribution in [0, 0.1) is 0 Å². The number of nitrogens with zero attached hydrogens (tertiary/aromatic N) is 2. The molecular formula is C11H13BrN4O. The van der Waals surface area contributed by atoms with E-state index < -0.39 is 0 Å². The van der Waals surface area contributed by atoms with Crippen molar-refractivity contribution in [3.63, 3.8) is 0 Å². The molecule has 0 amide bonds. The second kappa shape index (κ2) is 4.67. The summed E-state index contributed by atoms with van der Waals surface area (Å²) in [5.41, 5.74) is 7.30. The van der Waals surface area contributed by atoms with Crippen LogP contribution < -0.4 is 15.8 Å². The number of methoxy groups -OCH3 is 1. The van der Waals surface area contributed by atoms with E-state index in [1.165, 1.54) is 0 Å². The Bertz CT molecular complexity index is 538. The Morgan fingerprint density at radius 2 is 2.24 bits per heavy atom. The van der Waals surface area contributed by atoms with Crippen molar-refractivity contribution in [2.24, 2.45) is 7.05 Å². The molecule has 2 rings (SSSR count). The zero-order chi connectivity index (χ0) is 12.4. The van der Waals surface area contributed by atoms with Gasteiger partial charge in [0.15, 0.2) is 5.82 Å². The first-order valence-corrected chi connectivity index (χ1v) is 5.79. The highest BCUT2D eigenvalue weighted by atomic mass is 79.9. The molecular weight excluding hydrogens is 284 g/mol. The first kappa shape index (κ1) is 11.8. The Morgan fingerprint density at radius 1 is 1.47 bits per heavy atom. The van der Waals surface area contributed by atoms with Crippen molar-refractivity contribution < 1.29 is 4.74 Å². The summed E-state index contributed by atoms with van der Waals surface area (Å²) in [7, 11) is 3.45. The Balaban J connectivity index is 2.24. The fraction of sp³-hybridized carbons (Fsp3) is 0.182. The minimum Gasteiger partial charge on any atom is -0.496 e. The molecule has 3 N–H and O–H groups in total. The molecule has 5 nitrogen and oxygen atoms in total. The molecule has 1 aromatic heterocycles. The summed E-state index contributed by atoms with van der Waals surface area (Å²) in [4.78, 5) is 0. The SMILES string of the molecule is COc1ccc(Nc2nn(C)cc2N)cc1Br. The van der Waals surface area contributed by atoms with Gasteiger partial charge in [0, 0.05) is 18.9 Å². The molecule has 6 heteroatoms. The normalized spacial score (nSPS) is 10.3. The summed E-state index contributed by atoms with van der Waals surface area (Å²) in [5.74, 6) is 1.43. The number of aromatic nitrogens is 2. The number of anilines is 3. The third-order valence-corrected chi connectivity index (χ3v) is 2.89. The lowest BCUT2D eigenvalue weighted by molar-refractivity contribution is 0.412. The summed E-state index contributed by atoms with van der Waals surface area (Å²) in [6.45, 7) is 0. The molecule has 0 aliphatic carbocycles. The van der Waals surface area contributed by atoms with Crippen molar-refractivity contribution in [2.75, 3.05) is 18.2 Å². The van der Waals surface area contributed by atoms with Crippen molar-refractivity contribution in [1.82, 2.24) is 9.78 Å². The molecule has 1 aromatic carbocycles. The van der Waals surface area contributed by atoms with E-state index in [9.17, 15) is 0 Å². The van der Waals surface area contributed by atoms with Crippen LogP contribution in [0.5, 0.6) is 5.75 Å². The zero-order valence-corrected chi connectivity index (χ0v) is 11.2. The minimum absolute atomic E-state index is 0.611. The molecule has 90 valence electrons. The number of nitrogens with two attached hydrogens (primary N) is 1. The fourth-order valence-electron chi connectivity index (χ4n) is 1.48. The van der Waals surface area contributed by atoms with E-state index in [0.29, 0.717) is 11.5 Å². The molecule has 0 unspecified atom stereocenters. The van der Waals surface area contributed by atoms with E-state index in [4.69, 9.17) is 10.5 Å². The van der Waals surface area contributed by atoms with Crippen molar-refractivity contribution >= 4 is 33.1 Å². The van der Waals surface area contributed by atoms with Crippen LogP contribution in [-0.2, 0) is 7.05 Å². The molecule has 1 heterocycles. The van der Waals surface area contributed by atoms with Crippen LogP contribution in [0.4, 0.5) is 17.2 Å². The smallest absolute Gasteiger partial charge is 0.175 e. The predicted octanol–water partition coefficient (Wildman–Crippen LogP) is 2.52. The van der Waals surface area contributed by atoms with Gasteiger partial charge >= 0.3 is 0 Å². The molecule has 0 saturated carbocycles. The molecule has 0 radical (unpaired) electrons. The third kappa shape index (κ3) is 2.52. The average molecular weight is 297 g/mol. The lowest BCUT2D eigenvalue weighted by atomic mass is 10.3. The van der Waals surface area contributed by atoms with Gasteiger partial charge in [0.2, 0.25) is 0 Å². The van der Waals surface area contributed by atoms with Crippen LogP contribution in [0.15, 0.2) is 28.9 Å². The zero-order valence-electron chi connectivity index (χ0n) is 9.57. The number of halogens is 1. The maximum absolute atomic E-state index is 5.80. The molecule has 0 atom stereocenters. The number of nitrogen functional groups attached to an aromatic ring is 1. The number of ether oxygens (including phenoxy) is 1. The minimum atomic E-state index is 0.611. The van der Waals surface area contributed by atoms with Gasteiger partial charge in [-0.05, 0) is 34.1 Å². The van der Waals surface area contributed by atoms with Gasteiger partial charge in [-0.1, -0.05) is 0 Å². The molecule has 0 bridgehead atoms. The third-order valence-electron chi connectivity index (χ3n) is 2.27. The van der Waals surface area contributed by atoms with E-state index in [1.54, 1.807) is 18.0 Å². The van der Waals surface area contributed by atoms with Gasteiger partial charge < -0.3 is 15.8 Å². The molecule has 0 saturated heterocycles. The van der Waals surface area contributed by atoms with Gasteiger partial charge in [0.05, 0.1) is 17.3 Å². The first-order valence-electron chi connectivity index (χ1n) is 5.00. The quantitative estimate of drug-likeness (QED) is 0.913. The van der Waals surface area contributed by atoms with E-state index in [1.807, 2.05) is 25.2 Å². The van der Waals surface area contributed by atoms with Gasteiger partial charge in [-0.2, -0.15) is 5.10 Å². The molecule has 0 spiro atoms. The van der Waals surface area contributed by atoms with Crippen molar-refractivity contribution in [1.29, 1.82) is 0 Å². The van der Waals surface area contributed by atoms with Crippen LogP contribution in [0.2, 0.25) is 0 Å². The number of hydrogen-bond donors (Lipinski definition) is 2. The maximum atomic E-state index is 5.80. The van der Waals surface area contributed by atoms with Gasteiger partial charge in [0.1, 0.15) is 5.75 Å². The van der Waals surface area contributed by atoms with Gasteiger partial charge in [-0.3, -0.25) is 4.68 Å². The number of nitrogens with one attached hydrogen (secondary N) is 1. The monoisotopic (exact) mass is 296 g/mol. The molecule has 0 aliphatic rings. The van der Waals surface area contributed by atoms with Crippen LogP contribution in [0.25, 0.3) is 0 Å². The van der Waals surface area contributed by atoms with Gasteiger partial charge in [0.25, 0.3) is 0 Å². The van der Waals surface area contributed by atoms with Gasteiger partial charge in [-0.15, -0.1) is 0 Å². The second-order valence-corrected chi connectivity index (χ2v) is 4.44. The summed E-state index contributed by atoms with van der Waals surface area (Å²) in [6.07, 6.45) is 1.75. The molecule has 0 aliphatic heterocycles. The Kier molecular flexibility index (Phi) is 3.23. The largest absolute Gasteiger partial charge is 0.496 e. The van der Waals surface area contributed by atoms with Gasteiger partial charge in [-0.25, -0.2) is 0 Å². The number of benzene rings is 1. The summed E-state index contributed by atoms with van der Waals surface area (Å²) in [5, 5.41) is 7.35. The highest BCUT2D eigenvalue weighted by Crippen LogP contribution is 2.29. The standard InChI is InChI=1S/C11H13BrN4O/c1-16-6-9(13)11(15-16)14-7-3-4-10(17-2)8(12)5-7/h3-6H,13H2,1-2H3,(H,14,15). The first-order chi connectivity index (χ1) is 8.10. The summed E-state index contributed by atoms with van der Waals surface area (Å²) >= 11 is 3.42. The molecule has 2 aromatic rings. The van der Waals surface area contributed by atoms with Crippen LogP contribution in [0.3, 0.4) is 0 Å². The highest BCUT2D eigenvalue weighted by Gasteiger charge is 2.06. The Morgan fingerprint density at radius 3 is 2.76 bits per heavy atom. The summed E-state index contributed by atoms with van der Waals surface area (Å²) in [6, 6.07) is 5.68. The predicted molar refractivity (Wildman–Crippen MR) is 71.6 cm³/mol. The van der Waals surface area contributed by atoms with Crippen molar-refractivity contribution in [3.8, 4) is 5.75 Å². The van der Waals surface area contributed by atoms with E-state index in [-0.39, 0.29) is 0 Å². The lowest BCUT2D eigenvalue weighted by Crippen LogP contribution is -1.96. The molecule has 17 heavy (non-hydrogen) atoms. The Hall–Kier alpha value is -1.69. The van der Waals surface area contributed by atoms with Crippen LogP contribution in [0.1, 0.15) is 0 Å². The summed E-state index contributed by atoms with van der Waals surface area (Å²) < 4.78 is 7.70. The van der Waals surface area contributed by atoms with E-state index >= 15 is 0 Å². The molecule has 0 fully saturated rings. The average Bonchev–Trinajstić information content (AvgIpc) is 2.58. The van der Waals surface area contributed by atoms with Crippen molar-refractivity contribution in [3.05, 3.63) is 28.9 Å². The van der Waals surface area contributed by atoms with Crippen LogP contribution >= 0.6 is 15.9 Å². The lowest BCUT2D eigenvalue weighted by Gasteiger charge is -2.07. The fourth-order valence-corrected chi connectivity index (χ4v) is 2.03. The number of rotatable bonds is 3. The highest BCUT2D eigenvalue weighted by molar-refractivity contribution is 9.10. The second-order valence-electron chi connectivity index (χ2n) is 3.58.